The number of carbonyl (C=O) groups is 1. The van der Waals surface area contributed by atoms with Crippen molar-refractivity contribution in [2.45, 2.75) is 24.9 Å². The van der Waals surface area contributed by atoms with E-state index in [2.05, 4.69) is 39.5 Å². The Bertz CT molecular complexity index is 961. The number of hydrogen-bond donors (Lipinski definition) is 3. The fourth-order valence-electron chi connectivity index (χ4n) is 3.77. The van der Waals surface area contributed by atoms with E-state index in [9.17, 15) is 9.18 Å². The van der Waals surface area contributed by atoms with Crippen LogP contribution in [0.25, 0.3) is 10.9 Å². The smallest absolute Gasteiger partial charge is 0.267 e. The van der Waals surface area contributed by atoms with Gasteiger partial charge in [0.05, 0.1) is 0 Å². The zero-order chi connectivity index (χ0) is 19.6. The molecule has 3 aromatic rings. The minimum Gasteiger partial charge on any atom is -0.350 e. The van der Waals surface area contributed by atoms with Gasteiger partial charge in [0.1, 0.15) is 11.5 Å². The highest BCUT2D eigenvalue weighted by Gasteiger charge is 2.31. The number of carbonyl (C=O) groups excluding carboxylic acids is 1. The maximum atomic E-state index is 13.8. The van der Waals surface area contributed by atoms with Gasteiger partial charge in [-0.2, -0.15) is 0 Å². The van der Waals surface area contributed by atoms with Crippen molar-refractivity contribution >= 4 is 16.8 Å². The number of fused-ring (bicyclic) bond motifs is 1. The van der Waals surface area contributed by atoms with Gasteiger partial charge in [0.2, 0.25) is 0 Å². The lowest BCUT2D eigenvalue weighted by Gasteiger charge is -2.39. The molecule has 0 saturated carbocycles. The first-order valence-corrected chi connectivity index (χ1v) is 9.63. The molecular formula is C22H25FN4O. The van der Waals surface area contributed by atoms with Crippen LogP contribution >= 0.6 is 0 Å². The van der Waals surface area contributed by atoms with Crippen LogP contribution in [0.15, 0.2) is 54.6 Å². The molecule has 1 aliphatic heterocycles. The number of rotatable bonds is 5. The van der Waals surface area contributed by atoms with Crippen molar-refractivity contribution in [1.82, 2.24) is 15.2 Å². The summed E-state index contributed by atoms with van der Waals surface area (Å²) in [7, 11) is 0. The van der Waals surface area contributed by atoms with Crippen molar-refractivity contribution in [3.63, 3.8) is 0 Å². The number of aromatic amines is 1. The third-order valence-corrected chi connectivity index (χ3v) is 5.56. The van der Waals surface area contributed by atoms with Gasteiger partial charge < -0.3 is 16.0 Å². The molecule has 0 unspecified atom stereocenters. The molecule has 6 heteroatoms. The third-order valence-electron chi connectivity index (χ3n) is 5.56. The summed E-state index contributed by atoms with van der Waals surface area (Å²) in [5, 5.41) is 3.34. The number of aromatic nitrogens is 1. The van der Waals surface area contributed by atoms with E-state index in [-0.39, 0.29) is 11.7 Å². The Labute approximate surface area is 163 Å². The van der Waals surface area contributed by atoms with E-state index >= 15 is 0 Å². The Kier molecular flexibility index (Phi) is 5.15. The molecule has 2 heterocycles. The highest BCUT2D eigenvalue weighted by molar-refractivity contribution is 5.98. The second-order valence-electron chi connectivity index (χ2n) is 7.69. The average Bonchev–Trinajstić information content (AvgIpc) is 3.15. The van der Waals surface area contributed by atoms with Crippen LogP contribution in [0.2, 0.25) is 0 Å². The van der Waals surface area contributed by atoms with E-state index in [1.807, 2.05) is 6.07 Å². The number of H-pyrrole nitrogens is 1. The maximum Gasteiger partial charge on any atom is 0.267 e. The first-order valence-electron chi connectivity index (χ1n) is 9.63. The molecule has 1 aliphatic rings. The Morgan fingerprint density at radius 2 is 1.89 bits per heavy atom. The van der Waals surface area contributed by atoms with Gasteiger partial charge in [-0.3, -0.25) is 9.69 Å². The zero-order valence-electron chi connectivity index (χ0n) is 15.7. The third kappa shape index (κ3) is 4.08. The van der Waals surface area contributed by atoms with Gasteiger partial charge in [0, 0.05) is 42.6 Å². The van der Waals surface area contributed by atoms with Crippen molar-refractivity contribution in [1.29, 1.82) is 0 Å². The monoisotopic (exact) mass is 380 g/mol. The number of nitrogens with one attached hydrogen (secondary N) is 2. The van der Waals surface area contributed by atoms with Gasteiger partial charge in [-0.1, -0.05) is 36.4 Å². The van der Waals surface area contributed by atoms with E-state index in [0.29, 0.717) is 23.1 Å². The normalized spacial score (nSPS) is 16.9. The van der Waals surface area contributed by atoms with Crippen LogP contribution in [0.3, 0.4) is 0 Å². The summed E-state index contributed by atoms with van der Waals surface area (Å²) in [5.74, 6) is -0.596. The minimum atomic E-state index is -0.417. The lowest BCUT2D eigenvalue weighted by Crippen LogP contribution is -2.56. The van der Waals surface area contributed by atoms with Crippen molar-refractivity contribution < 1.29 is 9.18 Å². The summed E-state index contributed by atoms with van der Waals surface area (Å²) in [5.41, 5.74) is 8.37. The molecule has 1 fully saturated rings. The molecular weight excluding hydrogens is 355 g/mol. The molecule has 1 amide bonds. The molecule has 1 saturated heterocycles. The number of nitrogens with zero attached hydrogens (tertiary/aromatic N) is 1. The first kappa shape index (κ1) is 18.7. The molecule has 0 bridgehead atoms. The number of nitrogens with two attached hydrogens (primary N) is 1. The second kappa shape index (κ2) is 7.73. The van der Waals surface area contributed by atoms with Crippen LogP contribution in [0, 0.1) is 5.82 Å². The topological polar surface area (TPSA) is 74.1 Å². The number of halogens is 1. The largest absolute Gasteiger partial charge is 0.350 e. The molecule has 28 heavy (non-hydrogen) atoms. The van der Waals surface area contributed by atoms with Crippen LogP contribution in [0.1, 0.15) is 28.9 Å². The molecule has 1 aromatic heterocycles. The highest BCUT2D eigenvalue weighted by atomic mass is 19.1. The van der Waals surface area contributed by atoms with Crippen molar-refractivity contribution in [2.75, 3.05) is 19.6 Å². The van der Waals surface area contributed by atoms with E-state index in [1.54, 1.807) is 18.2 Å². The van der Waals surface area contributed by atoms with E-state index in [1.165, 1.54) is 11.6 Å². The molecule has 0 spiro atoms. The van der Waals surface area contributed by atoms with Crippen molar-refractivity contribution in [2.24, 2.45) is 5.73 Å². The highest BCUT2D eigenvalue weighted by Crippen LogP contribution is 2.22. The molecule has 2 aromatic carbocycles. The summed E-state index contributed by atoms with van der Waals surface area (Å²) in [4.78, 5) is 17.8. The van der Waals surface area contributed by atoms with Crippen molar-refractivity contribution in [3.05, 3.63) is 71.7 Å². The summed E-state index contributed by atoms with van der Waals surface area (Å²) in [6.45, 7) is 3.13. The lowest BCUT2D eigenvalue weighted by atomic mass is 9.88. The van der Waals surface area contributed by atoms with Crippen LogP contribution in [0.5, 0.6) is 0 Å². The Hall–Kier alpha value is -2.70. The van der Waals surface area contributed by atoms with E-state index < -0.39 is 5.54 Å². The summed E-state index contributed by atoms with van der Waals surface area (Å²) >= 11 is 0. The van der Waals surface area contributed by atoms with Crippen LogP contribution < -0.4 is 11.1 Å². The van der Waals surface area contributed by atoms with Crippen LogP contribution in [-0.4, -0.2) is 41.0 Å². The number of hydrogen-bond acceptors (Lipinski definition) is 3. The van der Waals surface area contributed by atoms with Crippen LogP contribution in [0.4, 0.5) is 4.39 Å². The predicted octanol–water partition coefficient (Wildman–Crippen LogP) is 3.03. The average molecular weight is 380 g/mol. The van der Waals surface area contributed by atoms with Gasteiger partial charge in [0.15, 0.2) is 0 Å². The molecule has 0 aliphatic carbocycles. The van der Waals surface area contributed by atoms with Crippen LogP contribution in [-0.2, 0) is 6.54 Å². The summed E-state index contributed by atoms with van der Waals surface area (Å²) in [6, 6.07) is 16.7. The van der Waals surface area contributed by atoms with Crippen molar-refractivity contribution in [3.8, 4) is 0 Å². The molecule has 4 N–H and O–H groups in total. The van der Waals surface area contributed by atoms with E-state index in [0.717, 1.165) is 32.5 Å². The molecule has 0 radical (unpaired) electrons. The maximum absolute atomic E-state index is 13.8. The first-order chi connectivity index (χ1) is 13.5. The van der Waals surface area contributed by atoms with Gasteiger partial charge in [-0.05, 0) is 36.6 Å². The standard InChI is InChI=1S/C22H25FN4O/c23-18-7-4-8-19-17(18)13-20(26-19)21(28)25-15-22(24)9-11-27(12-10-22)14-16-5-2-1-3-6-16/h1-8,13,26H,9-12,14-15,24H2,(H,25,28). The molecule has 4 rings (SSSR count). The minimum absolute atomic E-state index is 0.257. The Balaban J connectivity index is 1.31. The van der Waals surface area contributed by atoms with Gasteiger partial charge in [-0.25, -0.2) is 4.39 Å². The molecule has 5 nitrogen and oxygen atoms in total. The lowest BCUT2D eigenvalue weighted by molar-refractivity contribution is 0.0918. The Morgan fingerprint density at radius 1 is 1.14 bits per heavy atom. The van der Waals surface area contributed by atoms with Gasteiger partial charge in [0.25, 0.3) is 5.91 Å². The number of likely N-dealkylation sites (tertiary alicyclic amines) is 1. The van der Waals surface area contributed by atoms with E-state index in [4.69, 9.17) is 5.73 Å². The molecule has 146 valence electrons. The quantitative estimate of drug-likeness (QED) is 0.637. The predicted molar refractivity (Wildman–Crippen MR) is 108 cm³/mol. The second-order valence-corrected chi connectivity index (χ2v) is 7.69. The fourth-order valence-corrected chi connectivity index (χ4v) is 3.77. The summed E-state index contributed by atoms with van der Waals surface area (Å²) < 4.78 is 13.8. The van der Waals surface area contributed by atoms with Gasteiger partial charge in [-0.15, -0.1) is 0 Å². The number of amides is 1. The number of benzene rings is 2. The van der Waals surface area contributed by atoms with Gasteiger partial charge >= 0.3 is 0 Å². The fraction of sp³-hybridized carbons (Fsp3) is 0.318. The summed E-state index contributed by atoms with van der Waals surface area (Å²) in [6.07, 6.45) is 1.64. The Morgan fingerprint density at radius 3 is 2.61 bits per heavy atom. The number of piperidine rings is 1. The molecule has 0 atom stereocenters. The zero-order valence-corrected chi connectivity index (χ0v) is 15.7. The SMILES string of the molecule is NC1(CNC(=O)c2cc3c(F)cccc3[nH]2)CCN(Cc2ccccc2)CC1.